The van der Waals surface area contributed by atoms with Crippen molar-refractivity contribution in [3.05, 3.63) is 62.8 Å². The van der Waals surface area contributed by atoms with E-state index in [1.807, 2.05) is 19.2 Å². The van der Waals surface area contributed by atoms with Crippen LogP contribution in [0.25, 0.3) is 0 Å². The number of likely N-dealkylation sites (N-methyl/N-ethyl adjacent to an activating group) is 1. The SMILES string of the molecule is Cc1nc(C)c(CC(=O)N(C)C2Cc3ccccc3C2)c(=O)[nH]1. The molecule has 1 aliphatic rings. The number of hydrogen-bond acceptors (Lipinski definition) is 3. The van der Waals surface area contributed by atoms with Gasteiger partial charge in [-0.3, -0.25) is 9.59 Å². The Morgan fingerprint density at radius 2 is 1.87 bits per heavy atom. The number of carbonyl (C=O) groups excluding carboxylic acids is 1. The predicted molar refractivity (Wildman–Crippen MR) is 88.4 cm³/mol. The Kier molecular flexibility index (Phi) is 4.03. The third-order valence-corrected chi connectivity index (χ3v) is 4.64. The maximum Gasteiger partial charge on any atom is 0.254 e. The molecule has 1 heterocycles. The molecular weight excluding hydrogens is 290 g/mol. The first-order valence-corrected chi connectivity index (χ1v) is 7.84. The molecule has 5 heteroatoms. The minimum atomic E-state index is -0.216. The number of amides is 1. The highest BCUT2D eigenvalue weighted by Crippen LogP contribution is 2.25. The van der Waals surface area contributed by atoms with Gasteiger partial charge in [-0.1, -0.05) is 24.3 Å². The standard InChI is InChI=1S/C18H21N3O2/c1-11-16(18(23)20-12(2)19-11)10-17(22)21(3)15-8-13-6-4-5-7-14(13)9-15/h4-7,15H,8-10H2,1-3H3,(H,19,20,23). The second-order valence-corrected chi connectivity index (χ2v) is 6.23. The average molecular weight is 311 g/mol. The van der Waals surface area contributed by atoms with Gasteiger partial charge in [-0.15, -0.1) is 0 Å². The van der Waals surface area contributed by atoms with Crippen molar-refractivity contribution in [1.29, 1.82) is 0 Å². The van der Waals surface area contributed by atoms with Crippen molar-refractivity contribution >= 4 is 5.91 Å². The van der Waals surface area contributed by atoms with Gasteiger partial charge in [0.1, 0.15) is 5.82 Å². The molecule has 0 saturated carbocycles. The van der Waals surface area contributed by atoms with Crippen molar-refractivity contribution in [2.24, 2.45) is 0 Å². The first-order valence-electron chi connectivity index (χ1n) is 7.84. The number of carbonyl (C=O) groups is 1. The minimum absolute atomic E-state index is 0.0398. The van der Waals surface area contributed by atoms with Crippen LogP contribution in [0.1, 0.15) is 28.2 Å². The quantitative estimate of drug-likeness (QED) is 0.935. The third kappa shape index (κ3) is 3.04. The normalized spacial score (nSPS) is 13.9. The van der Waals surface area contributed by atoms with Crippen molar-refractivity contribution in [3.63, 3.8) is 0 Å². The van der Waals surface area contributed by atoms with E-state index in [-0.39, 0.29) is 23.9 Å². The Morgan fingerprint density at radius 1 is 1.26 bits per heavy atom. The van der Waals surface area contributed by atoms with E-state index in [9.17, 15) is 9.59 Å². The molecule has 1 amide bonds. The molecule has 0 radical (unpaired) electrons. The second kappa shape index (κ2) is 5.99. The van der Waals surface area contributed by atoms with Crippen molar-refractivity contribution in [2.45, 2.75) is 39.2 Å². The van der Waals surface area contributed by atoms with Crippen LogP contribution in [0.15, 0.2) is 29.1 Å². The van der Waals surface area contributed by atoms with Crippen molar-refractivity contribution < 1.29 is 4.79 Å². The van der Waals surface area contributed by atoms with Crippen molar-refractivity contribution in [1.82, 2.24) is 14.9 Å². The number of nitrogens with zero attached hydrogens (tertiary/aromatic N) is 2. The molecule has 2 aromatic rings. The Morgan fingerprint density at radius 3 is 2.43 bits per heavy atom. The summed E-state index contributed by atoms with van der Waals surface area (Å²) in [5.41, 5.74) is 3.49. The first-order chi connectivity index (χ1) is 11.0. The molecule has 0 fully saturated rings. The van der Waals surface area contributed by atoms with Crippen LogP contribution in [-0.4, -0.2) is 33.9 Å². The summed E-state index contributed by atoms with van der Waals surface area (Å²) in [7, 11) is 1.82. The Balaban J connectivity index is 1.74. The van der Waals surface area contributed by atoms with Crippen LogP contribution in [0.4, 0.5) is 0 Å². The van der Waals surface area contributed by atoms with Crippen molar-refractivity contribution in [3.8, 4) is 0 Å². The van der Waals surface area contributed by atoms with Gasteiger partial charge in [-0.05, 0) is 37.8 Å². The molecule has 1 aromatic heterocycles. The number of aryl methyl sites for hydroxylation is 2. The molecule has 1 aliphatic carbocycles. The van der Waals surface area contributed by atoms with E-state index >= 15 is 0 Å². The number of rotatable bonds is 3. The van der Waals surface area contributed by atoms with Crippen LogP contribution in [0.5, 0.6) is 0 Å². The summed E-state index contributed by atoms with van der Waals surface area (Å²) >= 11 is 0. The Bertz CT molecular complexity index is 785. The highest BCUT2D eigenvalue weighted by molar-refractivity contribution is 5.79. The Labute approximate surface area is 135 Å². The van der Waals surface area contributed by atoms with E-state index in [4.69, 9.17) is 0 Å². The molecule has 0 bridgehead atoms. The lowest BCUT2D eigenvalue weighted by Crippen LogP contribution is -2.39. The fourth-order valence-electron chi connectivity index (χ4n) is 3.25. The fraction of sp³-hybridized carbons (Fsp3) is 0.389. The molecule has 0 aliphatic heterocycles. The zero-order chi connectivity index (χ0) is 16.6. The van der Waals surface area contributed by atoms with Crippen molar-refractivity contribution in [2.75, 3.05) is 7.05 Å². The number of aromatic amines is 1. The van der Waals surface area contributed by atoms with E-state index in [1.54, 1.807) is 18.7 Å². The lowest BCUT2D eigenvalue weighted by Gasteiger charge is -2.24. The van der Waals surface area contributed by atoms with Gasteiger partial charge >= 0.3 is 0 Å². The summed E-state index contributed by atoms with van der Waals surface area (Å²) in [6.45, 7) is 3.51. The number of fused-ring (bicyclic) bond motifs is 1. The molecule has 0 spiro atoms. The molecular formula is C18H21N3O2. The molecule has 5 nitrogen and oxygen atoms in total. The van der Waals surface area contributed by atoms with Gasteiger partial charge in [-0.25, -0.2) is 4.98 Å². The monoisotopic (exact) mass is 311 g/mol. The van der Waals surface area contributed by atoms with E-state index in [2.05, 4.69) is 22.1 Å². The van der Waals surface area contributed by atoms with Crippen LogP contribution in [-0.2, 0) is 24.1 Å². The van der Waals surface area contributed by atoms with Gasteiger partial charge in [-0.2, -0.15) is 0 Å². The van der Waals surface area contributed by atoms with Gasteiger partial charge in [0.25, 0.3) is 5.56 Å². The molecule has 0 saturated heterocycles. The summed E-state index contributed by atoms with van der Waals surface area (Å²) < 4.78 is 0. The second-order valence-electron chi connectivity index (χ2n) is 6.23. The first kappa shape index (κ1) is 15.5. The van der Waals surface area contributed by atoms with Gasteiger partial charge in [0, 0.05) is 24.3 Å². The summed E-state index contributed by atoms with van der Waals surface area (Å²) in [4.78, 5) is 33.3. The number of benzene rings is 1. The van der Waals surface area contributed by atoms with Crippen LogP contribution in [0, 0.1) is 13.8 Å². The highest BCUT2D eigenvalue weighted by Gasteiger charge is 2.27. The molecule has 23 heavy (non-hydrogen) atoms. The number of nitrogens with one attached hydrogen (secondary N) is 1. The van der Waals surface area contributed by atoms with Gasteiger partial charge in [0.15, 0.2) is 0 Å². The third-order valence-electron chi connectivity index (χ3n) is 4.64. The fourth-order valence-corrected chi connectivity index (χ4v) is 3.25. The maximum atomic E-state index is 12.6. The molecule has 0 atom stereocenters. The van der Waals surface area contributed by atoms with E-state index < -0.39 is 0 Å². The van der Waals surface area contributed by atoms with Crippen LogP contribution < -0.4 is 5.56 Å². The lowest BCUT2D eigenvalue weighted by atomic mass is 10.1. The number of aromatic nitrogens is 2. The maximum absolute atomic E-state index is 12.6. The van der Waals surface area contributed by atoms with Gasteiger partial charge < -0.3 is 9.88 Å². The summed E-state index contributed by atoms with van der Waals surface area (Å²) in [6, 6.07) is 8.46. The molecule has 1 N–H and O–H groups in total. The molecule has 3 rings (SSSR count). The van der Waals surface area contributed by atoms with E-state index in [1.165, 1.54) is 11.1 Å². The topological polar surface area (TPSA) is 66.1 Å². The summed E-state index contributed by atoms with van der Waals surface area (Å²) in [5, 5.41) is 0. The lowest BCUT2D eigenvalue weighted by molar-refractivity contribution is -0.131. The number of H-pyrrole nitrogens is 1. The molecule has 1 aromatic carbocycles. The van der Waals surface area contributed by atoms with Crippen LogP contribution >= 0.6 is 0 Å². The van der Waals surface area contributed by atoms with Crippen LogP contribution in [0.3, 0.4) is 0 Å². The van der Waals surface area contributed by atoms with E-state index in [0.717, 1.165) is 12.8 Å². The van der Waals surface area contributed by atoms with Crippen LogP contribution in [0.2, 0.25) is 0 Å². The zero-order valence-electron chi connectivity index (χ0n) is 13.7. The van der Waals surface area contributed by atoms with Gasteiger partial charge in [0.05, 0.1) is 6.42 Å². The average Bonchev–Trinajstić information content (AvgIpc) is 2.93. The minimum Gasteiger partial charge on any atom is -0.342 e. The highest BCUT2D eigenvalue weighted by atomic mass is 16.2. The molecule has 0 unspecified atom stereocenters. The summed E-state index contributed by atoms with van der Waals surface area (Å²) in [6.07, 6.45) is 1.84. The zero-order valence-corrected chi connectivity index (χ0v) is 13.7. The smallest absolute Gasteiger partial charge is 0.254 e. The summed E-state index contributed by atoms with van der Waals surface area (Å²) in [5.74, 6) is 0.533. The number of hydrogen-bond donors (Lipinski definition) is 1. The Hall–Kier alpha value is -2.43. The van der Waals surface area contributed by atoms with Gasteiger partial charge in [0.2, 0.25) is 5.91 Å². The predicted octanol–water partition coefficient (Wildman–Crippen LogP) is 1.56. The molecule has 120 valence electrons. The van der Waals surface area contributed by atoms with E-state index in [0.29, 0.717) is 17.1 Å². The largest absolute Gasteiger partial charge is 0.342 e.